The highest BCUT2D eigenvalue weighted by Crippen LogP contribution is 2.62. The second-order valence-corrected chi connectivity index (χ2v) is 11.2. The Hall–Kier alpha value is -4.30. The van der Waals surface area contributed by atoms with Gasteiger partial charge in [-0.2, -0.15) is 0 Å². The molecule has 0 spiro atoms. The predicted molar refractivity (Wildman–Crippen MR) is 160 cm³/mol. The summed E-state index contributed by atoms with van der Waals surface area (Å²) in [6.45, 7) is 8.95. The van der Waals surface area contributed by atoms with Crippen LogP contribution in [0.1, 0.15) is 67.5 Å². The summed E-state index contributed by atoms with van der Waals surface area (Å²) in [7, 11) is 0. The average Bonchev–Trinajstić information content (AvgIpc) is 3.67. The largest absolute Gasteiger partial charge is 0.260 e. The second-order valence-electron chi connectivity index (χ2n) is 11.2. The molecular weight excluding hydrogens is 460 g/mol. The molecule has 0 aromatic heterocycles. The fourth-order valence-electron chi connectivity index (χ4n) is 6.90. The van der Waals surface area contributed by atoms with Crippen molar-refractivity contribution in [3.63, 3.8) is 0 Å². The van der Waals surface area contributed by atoms with Crippen LogP contribution >= 0.6 is 0 Å². The fourth-order valence-corrected chi connectivity index (χ4v) is 6.90. The first-order chi connectivity index (χ1) is 18.5. The van der Waals surface area contributed by atoms with Crippen molar-refractivity contribution in [3.8, 4) is 0 Å². The third-order valence-corrected chi connectivity index (χ3v) is 9.07. The summed E-state index contributed by atoms with van der Waals surface area (Å²) >= 11 is 0. The molecule has 4 aliphatic rings. The van der Waals surface area contributed by atoms with Crippen LogP contribution in [0.25, 0.3) is 22.3 Å². The van der Waals surface area contributed by atoms with E-state index in [-0.39, 0.29) is 11.8 Å². The molecule has 4 aromatic rings. The fraction of sp³-hybridized carbons (Fsp3) is 0.167. The van der Waals surface area contributed by atoms with Crippen LogP contribution in [0.5, 0.6) is 0 Å². The van der Waals surface area contributed by atoms with Crippen molar-refractivity contribution >= 4 is 46.1 Å². The van der Waals surface area contributed by atoms with Crippen LogP contribution in [0.3, 0.4) is 0 Å². The summed E-state index contributed by atoms with van der Waals surface area (Å²) in [5.41, 5.74) is 21.1. The average molecular weight is 489 g/mol. The van der Waals surface area contributed by atoms with E-state index in [9.17, 15) is 0 Å². The molecule has 4 aromatic carbocycles. The first kappa shape index (κ1) is 21.8. The normalized spacial score (nSPS) is 19.7. The lowest BCUT2D eigenvalue weighted by molar-refractivity contribution is 1.21. The maximum atomic E-state index is 4.87. The predicted octanol–water partition coefficient (Wildman–Crippen LogP) is 9.07. The zero-order valence-electron chi connectivity index (χ0n) is 22.1. The van der Waals surface area contributed by atoms with Gasteiger partial charge in [-0.25, -0.2) is 0 Å². The number of aryl methyl sites for hydroxylation is 4. The van der Waals surface area contributed by atoms with E-state index in [0.717, 1.165) is 11.4 Å². The van der Waals surface area contributed by atoms with Crippen molar-refractivity contribution in [3.05, 3.63) is 128 Å². The number of aliphatic imine (C=N–C) groups is 2. The minimum absolute atomic E-state index is 0.137. The van der Waals surface area contributed by atoms with Crippen LogP contribution in [0.15, 0.2) is 82.8 Å². The Balaban J connectivity index is 1.50. The standard InChI is InChI=1S/C36H28N2/c1-19-13-25-27(15-21(19)3)35-34(30-18-38-32-12-8-6-10-24(30)32)26-14-20(2)22(4)16-28(26)36(35)33(25)29-17-37-31-11-7-5-9-23(29)31/h5-18,29-30H,1-4H3. The molecule has 0 amide bonds. The van der Waals surface area contributed by atoms with E-state index in [1.807, 2.05) is 0 Å². The summed E-state index contributed by atoms with van der Waals surface area (Å²) in [6.07, 6.45) is 4.33. The zero-order chi connectivity index (χ0) is 25.7. The van der Waals surface area contributed by atoms with Gasteiger partial charge in [-0.15, -0.1) is 0 Å². The van der Waals surface area contributed by atoms with Crippen LogP contribution in [0, 0.1) is 27.7 Å². The molecule has 2 aliphatic heterocycles. The molecule has 2 aliphatic carbocycles. The molecule has 2 atom stereocenters. The van der Waals surface area contributed by atoms with Gasteiger partial charge in [0, 0.05) is 24.3 Å². The molecule has 38 heavy (non-hydrogen) atoms. The molecule has 0 bridgehead atoms. The number of fused-ring (bicyclic) bond motifs is 7. The minimum Gasteiger partial charge on any atom is -0.260 e. The maximum absolute atomic E-state index is 4.87. The first-order valence-electron chi connectivity index (χ1n) is 13.5. The molecule has 2 nitrogen and oxygen atoms in total. The molecule has 8 rings (SSSR count). The number of allylic oxidation sites excluding steroid dienone is 4. The molecular formula is C36H28N2. The van der Waals surface area contributed by atoms with Crippen molar-refractivity contribution in [2.75, 3.05) is 0 Å². The molecule has 2 heterocycles. The molecule has 182 valence electrons. The van der Waals surface area contributed by atoms with Gasteiger partial charge in [0.1, 0.15) is 0 Å². The zero-order valence-corrected chi connectivity index (χ0v) is 22.1. The van der Waals surface area contributed by atoms with Gasteiger partial charge >= 0.3 is 0 Å². The summed E-state index contributed by atoms with van der Waals surface area (Å²) < 4.78 is 0. The number of nitrogens with zero attached hydrogens (tertiary/aromatic N) is 2. The third-order valence-electron chi connectivity index (χ3n) is 9.07. The van der Waals surface area contributed by atoms with Gasteiger partial charge in [-0.1, -0.05) is 60.7 Å². The van der Waals surface area contributed by atoms with E-state index < -0.39 is 0 Å². The lowest BCUT2D eigenvalue weighted by atomic mass is 9.83. The van der Waals surface area contributed by atoms with Crippen LogP contribution in [-0.4, -0.2) is 12.4 Å². The third kappa shape index (κ3) is 2.78. The maximum Gasteiger partial charge on any atom is 0.0668 e. The van der Waals surface area contributed by atoms with Crippen molar-refractivity contribution in [1.29, 1.82) is 0 Å². The van der Waals surface area contributed by atoms with Gasteiger partial charge in [0.2, 0.25) is 0 Å². The van der Waals surface area contributed by atoms with Crippen LogP contribution < -0.4 is 0 Å². The van der Waals surface area contributed by atoms with Gasteiger partial charge in [0.05, 0.1) is 11.4 Å². The highest BCUT2D eigenvalue weighted by molar-refractivity contribution is 6.35. The van der Waals surface area contributed by atoms with Crippen LogP contribution in [0.4, 0.5) is 11.4 Å². The van der Waals surface area contributed by atoms with Crippen molar-refractivity contribution in [2.24, 2.45) is 9.98 Å². The lowest BCUT2D eigenvalue weighted by Gasteiger charge is -2.19. The Morgan fingerprint density at radius 3 is 1.26 bits per heavy atom. The lowest BCUT2D eigenvalue weighted by Crippen LogP contribution is -2.04. The topological polar surface area (TPSA) is 24.7 Å². The molecule has 0 radical (unpaired) electrons. The van der Waals surface area contributed by atoms with Gasteiger partial charge in [-0.3, -0.25) is 9.98 Å². The van der Waals surface area contributed by atoms with Crippen molar-refractivity contribution in [2.45, 2.75) is 39.5 Å². The molecule has 2 heteroatoms. The first-order valence-corrected chi connectivity index (χ1v) is 13.5. The summed E-state index contributed by atoms with van der Waals surface area (Å²) in [5.74, 6) is 0.274. The van der Waals surface area contributed by atoms with Gasteiger partial charge in [-0.05, 0) is 118 Å². The molecule has 2 unspecified atom stereocenters. The Morgan fingerprint density at radius 1 is 0.474 bits per heavy atom. The summed E-state index contributed by atoms with van der Waals surface area (Å²) in [6, 6.07) is 26.9. The number of benzene rings is 4. The van der Waals surface area contributed by atoms with Crippen LogP contribution in [-0.2, 0) is 0 Å². The van der Waals surface area contributed by atoms with Crippen LogP contribution in [0.2, 0.25) is 0 Å². The summed E-state index contributed by atoms with van der Waals surface area (Å²) in [5, 5.41) is 0. The van der Waals surface area contributed by atoms with Crippen molar-refractivity contribution in [1.82, 2.24) is 0 Å². The Labute approximate surface area is 223 Å². The van der Waals surface area contributed by atoms with E-state index in [1.54, 1.807) is 0 Å². The highest BCUT2D eigenvalue weighted by Gasteiger charge is 2.43. The second kappa shape index (κ2) is 7.61. The van der Waals surface area contributed by atoms with Gasteiger partial charge < -0.3 is 0 Å². The number of para-hydroxylation sites is 2. The number of hydrogen-bond acceptors (Lipinski definition) is 2. The summed E-state index contributed by atoms with van der Waals surface area (Å²) in [4.78, 5) is 9.74. The Kier molecular flexibility index (Phi) is 4.36. The van der Waals surface area contributed by atoms with E-state index in [0.29, 0.717) is 0 Å². The molecule has 0 saturated heterocycles. The molecule has 0 fully saturated rings. The monoisotopic (exact) mass is 488 g/mol. The smallest absolute Gasteiger partial charge is 0.0668 e. The van der Waals surface area contributed by atoms with Gasteiger partial charge in [0.25, 0.3) is 0 Å². The van der Waals surface area contributed by atoms with Gasteiger partial charge in [0.15, 0.2) is 0 Å². The SMILES string of the molecule is Cc1cc2c(cc1C)C(C1C=Nc3ccccc31)=C1C2=C(C2C=Nc3ccccc32)c2cc(C)c(C)cc21. The Morgan fingerprint density at radius 2 is 0.842 bits per heavy atom. The minimum atomic E-state index is 0.137. The number of rotatable bonds is 2. The number of hydrogen-bond donors (Lipinski definition) is 0. The molecule has 0 saturated carbocycles. The Bertz CT molecular complexity index is 1720. The molecule has 0 N–H and O–H groups in total. The van der Waals surface area contributed by atoms with E-state index in [2.05, 4.69) is 113 Å². The highest BCUT2D eigenvalue weighted by atomic mass is 14.8. The quantitative estimate of drug-likeness (QED) is 0.269. The van der Waals surface area contributed by atoms with E-state index in [1.165, 1.54) is 77.9 Å². The van der Waals surface area contributed by atoms with E-state index in [4.69, 9.17) is 9.98 Å². The van der Waals surface area contributed by atoms with E-state index >= 15 is 0 Å². The van der Waals surface area contributed by atoms with Crippen molar-refractivity contribution < 1.29 is 0 Å².